The molecule has 0 bridgehead atoms. The van der Waals surface area contributed by atoms with Gasteiger partial charge < -0.3 is 10.2 Å². The summed E-state index contributed by atoms with van der Waals surface area (Å²) in [6.45, 7) is 1.60. The molecule has 1 aromatic heterocycles. The number of hydrogen-bond acceptors (Lipinski definition) is 4. The number of benzene rings is 1. The molecule has 26 heavy (non-hydrogen) atoms. The molecule has 1 aromatic carbocycles. The summed E-state index contributed by atoms with van der Waals surface area (Å²) in [5, 5.41) is 11.5. The van der Waals surface area contributed by atoms with Gasteiger partial charge in [-0.1, -0.05) is 18.2 Å². The maximum atomic E-state index is 13.7. The van der Waals surface area contributed by atoms with E-state index < -0.39 is 0 Å². The van der Waals surface area contributed by atoms with Crippen LogP contribution in [0.25, 0.3) is 0 Å². The van der Waals surface area contributed by atoms with Gasteiger partial charge in [0.15, 0.2) is 0 Å². The summed E-state index contributed by atoms with van der Waals surface area (Å²) < 4.78 is 13.7. The number of carbonyl (C=O) groups is 1. The molecule has 2 heterocycles. The van der Waals surface area contributed by atoms with Gasteiger partial charge in [0.05, 0.1) is 0 Å². The second kappa shape index (κ2) is 7.40. The van der Waals surface area contributed by atoms with Crippen LogP contribution in [0.3, 0.4) is 0 Å². The smallest absolute Gasteiger partial charge is 0.222 e. The van der Waals surface area contributed by atoms with Crippen LogP contribution in [0.4, 0.5) is 10.2 Å². The number of aryl methyl sites for hydroxylation is 1. The van der Waals surface area contributed by atoms with Crippen LogP contribution in [0.5, 0.6) is 0 Å². The number of hydrogen-bond donors (Lipinski definition) is 1. The summed E-state index contributed by atoms with van der Waals surface area (Å²) in [4.78, 5) is 14.5. The van der Waals surface area contributed by atoms with E-state index in [0.717, 1.165) is 31.7 Å². The molecule has 6 heteroatoms. The topological polar surface area (TPSA) is 58.1 Å². The fourth-order valence-electron chi connectivity index (χ4n) is 4.32. The van der Waals surface area contributed by atoms with Gasteiger partial charge in [-0.2, -0.15) is 5.10 Å². The molecule has 1 aliphatic heterocycles. The number of likely N-dealkylation sites (tertiary alicyclic amines) is 1. The third-order valence-corrected chi connectivity index (χ3v) is 5.68. The molecule has 1 N–H and O–H groups in total. The van der Waals surface area contributed by atoms with Gasteiger partial charge in [-0.05, 0) is 48.9 Å². The van der Waals surface area contributed by atoms with Crippen molar-refractivity contribution in [1.82, 2.24) is 15.1 Å². The molecule has 2 aromatic rings. The Labute approximate surface area is 152 Å². The summed E-state index contributed by atoms with van der Waals surface area (Å²) in [6, 6.07) is 10.8. The number of nitrogens with one attached hydrogen (secondary N) is 1. The number of nitrogens with zero attached hydrogens (tertiary/aromatic N) is 3. The Morgan fingerprint density at radius 3 is 2.88 bits per heavy atom. The van der Waals surface area contributed by atoms with Crippen molar-refractivity contribution >= 4 is 11.7 Å². The Hall–Kier alpha value is -2.50. The maximum absolute atomic E-state index is 13.7. The minimum atomic E-state index is -0.230. The lowest BCUT2D eigenvalue weighted by Crippen LogP contribution is -2.33. The molecule has 2 aliphatic rings. The summed E-state index contributed by atoms with van der Waals surface area (Å²) in [7, 11) is 0. The van der Waals surface area contributed by atoms with Gasteiger partial charge >= 0.3 is 0 Å². The van der Waals surface area contributed by atoms with Crippen molar-refractivity contribution in [2.45, 2.75) is 31.7 Å². The van der Waals surface area contributed by atoms with Crippen molar-refractivity contribution in [3.8, 4) is 0 Å². The Morgan fingerprint density at radius 2 is 2.08 bits per heavy atom. The number of carbonyl (C=O) groups excluding carboxylic acids is 1. The fourth-order valence-corrected chi connectivity index (χ4v) is 4.32. The van der Waals surface area contributed by atoms with Gasteiger partial charge in [0.1, 0.15) is 11.6 Å². The van der Waals surface area contributed by atoms with Crippen molar-refractivity contribution in [2.24, 2.45) is 11.8 Å². The largest absolute Gasteiger partial charge is 0.365 e. The fraction of sp³-hybridized carbons (Fsp3) is 0.450. The molecule has 1 saturated heterocycles. The van der Waals surface area contributed by atoms with Crippen molar-refractivity contribution < 1.29 is 9.18 Å². The van der Waals surface area contributed by atoms with Crippen LogP contribution in [-0.2, 0) is 11.2 Å². The number of halogens is 1. The Morgan fingerprint density at radius 1 is 1.19 bits per heavy atom. The number of rotatable bonds is 5. The zero-order valence-corrected chi connectivity index (χ0v) is 14.6. The average molecular weight is 354 g/mol. The van der Waals surface area contributed by atoms with Crippen LogP contribution >= 0.6 is 0 Å². The lowest BCUT2D eigenvalue weighted by molar-refractivity contribution is -0.130. The molecule has 0 spiro atoms. The molecule has 4 rings (SSSR count). The zero-order chi connectivity index (χ0) is 17.9. The Bertz CT molecular complexity index is 769. The third kappa shape index (κ3) is 3.54. The number of amides is 1. The molecular formula is C20H23FN4O. The van der Waals surface area contributed by atoms with Crippen molar-refractivity contribution in [2.75, 3.05) is 18.4 Å². The van der Waals surface area contributed by atoms with Crippen molar-refractivity contribution in [3.05, 3.63) is 54.0 Å². The average Bonchev–Trinajstić information content (AvgIpc) is 3.24. The predicted octanol–water partition coefficient (Wildman–Crippen LogP) is 2.90. The quantitative estimate of drug-likeness (QED) is 0.897. The first-order valence-electron chi connectivity index (χ1n) is 9.26. The van der Waals surface area contributed by atoms with Gasteiger partial charge in [-0.15, -0.1) is 5.10 Å². The highest BCUT2D eigenvalue weighted by Gasteiger charge is 2.43. The Kier molecular flexibility index (Phi) is 4.82. The molecule has 1 aliphatic carbocycles. The maximum Gasteiger partial charge on any atom is 0.222 e. The Balaban J connectivity index is 1.33. The van der Waals surface area contributed by atoms with Crippen LogP contribution in [-0.4, -0.2) is 40.1 Å². The van der Waals surface area contributed by atoms with E-state index in [-0.39, 0.29) is 11.7 Å². The van der Waals surface area contributed by atoms with Crippen LogP contribution in [0.15, 0.2) is 42.6 Å². The van der Waals surface area contributed by atoms with Crippen LogP contribution in [0.1, 0.15) is 24.8 Å². The summed E-state index contributed by atoms with van der Waals surface area (Å²) >= 11 is 0. The molecule has 0 radical (unpaired) electrons. The molecule has 1 amide bonds. The number of anilines is 1. The SMILES string of the molecule is O=C(CCc1ccccc1F)N1C[C@H]2CC[C@@H](Nc3cccnn3)[C@H]2C1. The first-order valence-corrected chi connectivity index (χ1v) is 9.26. The van der Waals surface area contributed by atoms with Gasteiger partial charge in [-0.3, -0.25) is 4.79 Å². The molecule has 1 saturated carbocycles. The highest BCUT2D eigenvalue weighted by molar-refractivity contribution is 5.76. The van der Waals surface area contributed by atoms with Crippen LogP contribution in [0, 0.1) is 17.7 Å². The lowest BCUT2D eigenvalue weighted by atomic mass is 9.98. The van der Waals surface area contributed by atoms with Gasteiger partial charge in [0, 0.05) is 37.7 Å². The highest BCUT2D eigenvalue weighted by atomic mass is 19.1. The number of aromatic nitrogens is 2. The van der Waals surface area contributed by atoms with E-state index >= 15 is 0 Å². The van der Waals surface area contributed by atoms with E-state index in [4.69, 9.17) is 0 Å². The van der Waals surface area contributed by atoms with E-state index in [1.165, 1.54) is 6.07 Å². The minimum absolute atomic E-state index is 0.126. The van der Waals surface area contributed by atoms with E-state index in [1.54, 1.807) is 18.3 Å². The first kappa shape index (κ1) is 16.9. The van der Waals surface area contributed by atoms with Gasteiger partial charge in [0.2, 0.25) is 5.91 Å². The van der Waals surface area contributed by atoms with Gasteiger partial charge in [0.25, 0.3) is 0 Å². The van der Waals surface area contributed by atoms with E-state index in [0.29, 0.717) is 36.3 Å². The van der Waals surface area contributed by atoms with E-state index in [2.05, 4.69) is 15.5 Å². The second-order valence-electron chi connectivity index (χ2n) is 7.25. The van der Waals surface area contributed by atoms with Crippen LogP contribution < -0.4 is 5.32 Å². The number of fused-ring (bicyclic) bond motifs is 1. The molecule has 2 fully saturated rings. The summed E-state index contributed by atoms with van der Waals surface area (Å²) in [6.07, 6.45) is 4.71. The summed E-state index contributed by atoms with van der Waals surface area (Å²) in [5.41, 5.74) is 0.613. The normalized spacial score (nSPS) is 24.5. The standard InChI is InChI=1S/C20H23FN4O/c21-17-5-2-1-4-14(17)8-10-20(26)25-12-15-7-9-18(16(15)13-25)23-19-6-3-11-22-24-19/h1-6,11,15-16,18H,7-10,12-13H2,(H,23,24)/t15-,16+,18-/m1/s1. The molecule has 0 unspecified atom stereocenters. The minimum Gasteiger partial charge on any atom is -0.365 e. The lowest BCUT2D eigenvalue weighted by Gasteiger charge is -2.22. The predicted molar refractivity (Wildman–Crippen MR) is 97.0 cm³/mol. The molecule has 5 nitrogen and oxygen atoms in total. The molecular weight excluding hydrogens is 331 g/mol. The van der Waals surface area contributed by atoms with E-state index in [9.17, 15) is 9.18 Å². The van der Waals surface area contributed by atoms with E-state index in [1.807, 2.05) is 23.1 Å². The van der Waals surface area contributed by atoms with Crippen molar-refractivity contribution in [1.29, 1.82) is 0 Å². The first-order chi connectivity index (χ1) is 12.7. The van der Waals surface area contributed by atoms with Crippen LogP contribution in [0.2, 0.25) is 0 Å². The second-order valence-corrected chi connectivity index (χ2v) is 7.25. The molecule has 136 valence electrons. The third-order valence-electron chi connectivity index (χ3n) is 5.68. The zero-order valence-electron chi connectivity index (χ0n) is 14.6. The summed E-state index contributed by atoms with van der Waals surface area (Å²) in [5.74, 6) is 1.69. The van der Waals surface area contributed by atoms with Gasteiger partial charge in [-0.25, -0.2) is 4.39 Å². The molecule has 3 atom stereocenters. The highest BCUT2D eigenvalue weighted by Crippen LogP contribution is 2.39. The van der Waals surface area contributed by atoms with Crippen molar-refractivity contribution in [3.63, 3.8) is 0 Å². The monoisotopic (exact) mass is 354 g/mol.